The first-order valence-corrected chi connectivity index (χ1v) is 13.9. The number of rotatable bonds is 23. The molecule has 0 atom stereocenters. The molecule has 0 aliphatic rings. The lowest BCUT2D eigenvalue weighted by molar-refractivity contribution is -0.137. The third-order valence-corrected chi connectivity index (χ3v) is 6.09. The Labute approximate surface area is 200 Å². The van der Waals surface area contributed by atoms with E-state index in [9.17, 15) is 4.79 Å². The number of unbranched alkanes of at least 4 members (excludes halogenated alkanes) is 21. The Kier molecular flexibility index (Phi) is 26.4. The fourth-order valence-corrected chi connectivity index (χ4v) is 3.99. The lowest BCUT2D eigenvalue weighted by atomic mass is 10.0. The maximum Gasteiger partial charge on any atom is 0.303 e. The first kappa shape index (κ1) is 30.6. The molecular weight excluding hydrogens is 392 g/mol. The molecule has 0 fully saturated rings. The molecule has 1 N–H and O–H groups in total. The van der Waals surface area contributed by atoms with Crippen molar-refractivity contribution in [3.05, 3.63) is 0 Å². The zero-order valence-corrected chi connectivity index (χ0v) is 21.3. The summed E-state index contributed by atoms with van der Waals surface area (Å²) >= 11 is 0. The van der Waals surface area contributed by atoms with Crippen LogP contribution in [0.4, 0.5) is 0 Å². The summed E-state index contributed by atoms with van der Waals surface area (Å²) in [4.78, 5) is 10.4. The zero-order valence-electron chi connectivity index (χ0n) is 21.3. The highest BCUT2D eigenvalue weighted by Gasteiger charge is 1.96. The average molecular weight is 445 g/mol. The summed E-state index contributed by atoms with van der Waals surface area (Å²) in [6, 6.07) is 0. The fraction of sp³-hybridized carbons (Fsp3) is 0.833. The average Bonchev–Trinajstić information content (AvgIpc) is 2.78. The number of aliphatic carboxylic acids is 1. The van der Waals surface area contributed by atoms with Gasteiger partial charge in [-0.25, -0.2) is 0 Å². The number of carboxylic acid groups (broad SMARTS) is 1. The molecule has 2 heteroatoms. The minimum atomic E-state index is -0.668. The van der Waals surface area contributed by atoms with Gasteiger partial charge in [0.25, 0.3) is 0 Å². The van der Waals surface area contributed by atoms with Crippen LogP contribution in [0.25, 0.3) is 0 Å². The SMILES string of the molecule is CCCCCCCCCCCCCCC#CC#CCCCCCCCCCCCC(=O)O. The van der Waals surface area contributed by atoms with Crippen LogP contribution >= 0.6 is 0 Å². The van der Waals surface area contributed by atoms with Crippen LogP contribution in [0.15, 0.2) is 0 Å². The van der Waals surface area contributed by atoms with Gasteiger partial charge in [0.2, 0.25) is 0 Å². The van der Waals surface area contributed by atoms with E-state index in [1.807, 2.05) is 0 Å². The highest BCUT2D eigenvalue weighted by atomic mass is 16.4. The smallest absolute Gasteiger partial charge is 0.303 e. The second-order valence-electron chi connectivity index (χ2n) is 9.32. The van der Waals surface area contributed by atoms with Gasteiger partial charge < -0.3 is 5.11 Å². The topological polar surface area (TPSA) is 37.3 Å². The van der Waals surface area contributed by atoms with Crippen LogP contribution in [0.2, 0.25) is 0 Å². The number of carbonyl (C=O) groups is 1. The van der Waals surface area contributed by atoms with Gasteiger partial charge >= 0.3 is 5.97 Å². The van der Waals surface area contributed by atoms with Gasteiger partial charge in [0.15, 0.2) is 0 Å². The quantitative estimate of drug-likeness (QED) is 0.126. The van der Waals surface area contributed by atoms with Crippen molar-refractivity contribution in [2.75, 3.05) is 0 Å². The molecule has 0 aromatic carbocycles. The summed E-state index contributed by atoms with van der Waals surface area (Å²) in [5, 5.41) is 8.59. The molecule has 184 valence electrons. The molecule has 0 amide bonds. The lowest BCUT2D eigenvalue weighted by Crippen LogP contribution is -1.93. The van der Waals surface area contributed by atoms with Gasteiger partial charge in [-0.1, -0.05) is 134 Å². The van der Waals surface area contributed by atoms with Crippen molar-refractivity contribution >= 4 is 5.97 Å². The van der Waals surface area contributed by atoms with E-state index < -0.39 is 5.97 Å². The monoisotopic (exact) mass is 444 g/mol. The van der Waals surface area contributed by atoms with Gasteiger partial charge in [-0.15, -0.1) is 0 Å². The van der Waals surface area contributed by atoms with E-state index in [1.165, 1.54) is 122 Å². The highest BCUT2D eigenvalue weighted by molar-refractivity contribution is 5.66. The van der Waals surface area contributed by atoms with Crippen molar-refractivity contribution < 1.29 is 9.90 Å². The minimum Gasteiger partial charge on any atom is -0.481 e. The first-order valence-electron chi connectivity index (χ1n) is 13.9. The Bertz CT molecular complexity index is 514. The number of carboxylic acids is 1. The van der Waals surface area contributed by atoms with Gasteiger partial charge in [0.1, 0.15) is 0 Å². The van der Waals surface area contributed by atoms with E-state index in [0.717, 1.165) is 25.7 Å². The van der Waals surface area contributed by atoms with E-state index in [-0.39, 0.29) is 0 Å². The van der Waals surface area contributed by atoms with E-state index in [4.69, 9.17) is 5.11 Å². The van der Waals surface area contributed by atoms with Crippen molar-refractivity contribution in [2.45, 2.75) is 161 Å². The molecule has 0 rings (SSSR count). The van der Waals surface area contributed by atoms with Crippen molar-refractivity contribution in [3.63, 3.8) is 0 Å². The molecular formula is C30H52O2. The van der Waals surface area contributed by atoms with Gasteiger partial charge in [0.05, 0.1) is 0 Å². The summed E-state index contributed by atoms with van der Waals surface area (Å²) in [6.45, 7) is 2.28. The molecule has 0 spiro atoms. The van der Waals surface area contributed by atoms with Gasteiger partial charge in [0, 0.05) is 19.3 Å². The highest BCUT2D eigenvalue weighted by Crippen LogP contribution is 2.13. The molecule has 0 radical (unpaired) electrons. The third-order valence-electron chi connectivity index (χ3n) is 6.09. The van der Waals surface area contributed by atoms with Gasteiger partial charge in [-0.2, -0.15) is 0 Å². The summed E-state index contributed by atoms with van der Waals surface area (Å²) < 4.78 is 0. The first-order chi connectivity index (χ1) is 15.8. The Morgan fingerprint density at radius 2 is 0.812 bits per heavy atom. The van der Waals surface area contributed by atoms with Gasteiger partial charge in [-0.3, -0.25) is 4.79 Å². The van der Waals surface area contributed by atoms with Crippen molar-refractivity contribution in [1.82, 2.24) is 0 Å². The van der Waals surface area contributed by atoms with Crippen LogP contribution in [0.1, 0.15) is 161 Å². The molecule has 0 saturated carbocycles. The maximum absolute atomic E-state index is 10.4. The molecule has 0 heterocycles. The van der Waals surface area contributed by atoms with E-state index in [1.54, 1.807) is 0 Å². The van der Waals surface area contributed by atoms with Crippen molar-refractivity contribution in [1.29, 1.82) is 0 Å². The summed E-state index contributed by atoms with van der Waals surface area (Å²) in [5.74, 6) is 11.8. The van der Waals surface area contributed by atoms with Crippen molar-refractivity contribution in [2.24, 2.45) is 0 Å². The van der Waals surface area contributed by atoms with Crippen molar-refractivity contribution in [3.8, 4) is 23.7 Å². The fourth-order valence-electron chi connectivity index (χ4n) is 3.99. The Morgan fingerprint density at radius 3 is 1.16 bits per heavy atom. The number of hydrogen-bond acceptors (Lipinski definition) is 1. The van der Waals surface area contributed by atoms with Crippen LogP contribution in [-0.4, -0.2) is 11.1 Å². The Morgan fingerprint density at radius 1 is 0.500 bits per heavy atom. The normalized spacial score (nSPS) is 10.3. The molecule has 0 aliphatic heterocycles. The van der Waals surface area contributed by atoms with Gasteiger partial charge in [-0.05, 0) is 31.1 Å². The van der Waals surface area contributed by atoms with E-state index >= 15 is 0 Å². The molecule has 0 unspecified atom stereocenters. The molecule has 0 aromatic rings. The molecule has 0 saturated heterocycles. The summed E-state index contributed by atoms with van der Waals surface area (Å²) in [6.07, 6.45) is 29.6. The largest absolute Gasteiger partial charge is 0.481 e. The van der Waals surface area contributed by atoms with Crippen LogP contribution in [-0.2, 0) is 4.79 Å². The Hall–Kier alpha value is -1.41. The summed E-state index contributed by atoms with van der Waals surface area (Å²) in [7, 11) is 0. The summed E-state index contributed by atoms with van der Waals surface area (Å²) in [5.41, 5.74) is 0. The van der Waals surface area contributed by atoms with Crippen LogP contribution < -0.4 is 0 Å². The second kappa shape index (κ2) is 27.6. The molecule has 0 aromatic heterocycles. The minimum absolute atomic E-state index is 0.324. The van der Waals surface area contributed by atoms with Crippen LogP contribution in [0, 0.1) is 23.7 Å². The second-order valence-corrected chi connectivity index (χ2v) is 9.32. The molecule has 32 heavy (non-hydrogen) atoms. The third kappa shape index (κ3) is 28.6. The molecule has 2 nitrogen and oxygen atoms in total. The standard InChI is InChI=1S/C30H52O2/c1-2-3-4-5-6-7-8-9-10-11-12-13-14-15-16-17-18-19-20-21-22-23-24-25-26-27-28-29-30(31)32/h2-14,19-29H2,1H3,(H,31,32). The predicted octanol–water partition coefficient (Wildman–Crippen LogP) is 9.46. The lowest BCUT2D eigenvalue weighted by Gasteiger charge is -2.01. The Balaban J connectivity index is 3.22. The van der Waals surface area contributed by atoms with E-state index in [2.05, 4.69) is 30.6 Å². The maximum atomic E-state index is 10.4. The predicted molar refractivity (Wildman–Crippen MR) is 140 cm³/mol. The van der Waals surface area contributed by atoms with E-state index in [0.29, 0.717) is 6.42 Å². The molecule has 0 aliphatic carbocycles. The van der Waals surface area contributed by atoms with Crippen LogP contribution in [0.5, 0.6) is 0 Å². The number of hydrogen-bond donors (Lipinski definition) is 1. The zero-order chi connectivity index (χ0) is 23.4. The molecule has 0 bridgehead atoms. The van der Waals surface area contributed by atoms with Crippen LogP contribution in [0.3, 0.4) is 0 Å².